The average Bonchev–Trinajstić information content (AvgIpc) is 3.20. The number of nitrogens with two attached hydrogens (primary N) is 1. The Kier molecular flexibility index (Phi) is 7.35. The van der Waals surface area contributed by atoms with Gasteiger partial charge in [-0.3, -0.25) is 19.3 Å². The third kappa shape index (κ3) is 5.09. The lowest BCUT2D eigenvalue weighted by Crippen LogP contribution is -2.71. The Bertz CT molecular complexity index is 1120. The highest BCUT2D eigenvalue weighted by atomic mass is 32.2. The van der Waals surface area contributed by atoms with Crippen LogP contribution >= 0.6 is 23.3 Å². The number of hydrogen-bond acceptors (Lipinski definition) is 13. The van der Waals surface area contributed by atoms with Gasteiger partial charge < -0.3 is 30.8 Å². The maximum atomic E-state index is 12.9. The number of carboxylic acid groups (broad SMARTS) is 2. The summed E-state index contributed by atoms with van der Waals surface area (Å²) in [5.41, 5.74) is 4.94. The van der Waals surface area contributed by atoms with E-state index in [0.717, 1.165) is 28.2 Å². The molecular weight excluding hydrogens is 496 g/mol. The highest BCUT2D eigenvalue weighted by Crippen LogP contribution is 2.40. The molecule has 1 saturated heterocycles. The zero-order valence-corrected chi connectivity index (χ0v) is 19.2. The molecule has 5 N–H and O–H groups in total. The first-order valence-corrected chi connectivity index (χ1v) is 11.2. The van der Waals surface area contributed by atoms with Crippen LogP contribution in [0.4, 0.5) is 5.13 Å². The van der Waals surface area contributed by atoms with Gasteiger partial charge in [-0.2, -0.15) is 9.36 Å². The fourth-order valence-corrected chi connectivity index (χ4v) is 4.65. The molecule has 34 heavy (non-hydrogen) atoms. The number of thioether (sulfide) groups is 1. The van der Waals surface area contributed by atoms with Crippen LogP contribution < -0.4 is 11.1 Å². The summed E-state index contributed by atoms with van der Waals surface area (Å²) in [5, 5.41) is 23.7. The van der Waals surface area contributed by atoms with E-state index in [1.54, 1.807) is 0 Å². The molecule has 3 atom stereocenters. The van der Waals surface area contributed by atoms with Crippen LogP contribution in [0.2, 0.25) is 0 Å². The number of nitrogens with one attached hydrogen (secondary N) is 1. The molecule has 1 aromatic heterocycles. The number of ether oxygens (including phenoxy) is 1. The first-order valence-electron chi connectivity index (χ1n) is 9.41. The Balaban J connectivity index is 1.80. The second-order valence-corrected chi connectivity index (χ2v) is 8.77. The minimum absolute atomic E-state index is 0.00654. The van der Waals surface area contributed by atoms with Gasteiger partial charge >= 0.3 is 17.9 Å². The Morgan fingerprint density at radius 1 is 1.35 bits per heavy atom. The zero-order valence-electron chi connectivity index (χ0n) is 17.6. The molecule has 0 radical (unpaired) electrons. The Morgan fingerprint density at radius 3 is 2.62 bits per heavy atom. The van der Waals surface area contributed by atoms with Crippen molar-refractivity contribution in [3.63, 3.8) is 0 Å². The molecule has 0 aromatic carbocycles. The second kappa shape index (κ2) is 10.0. The van der Waals surface area contributed by atoms with Gasteiger partial charge in [-0.05, 0) is 6.92 Å². The fourth-order valence-electron chi connectivity index (χ4n) is 2.88. The third-order valence-electron chi connectivity index (χ3n) is 4.50. The van der Waals surface area contributed by atoms with Crippen molar-refractivity contribution in [3.05, 3.63) is 17.1 Å². The van der Waals surface area contributed by atoms with Crippen LogP contribution in [0.15, 0.2) is 16.4 Å². The van der Waals surface area contributed by atoms with Crippen molar-refractivity contribution >= 4 is 63.9 Å². The molecule has 3 heterocycles. The highest BCUT2D eigenvalue weighted by Gasteiger charge is 2.54. The molecule has 2 aliphatic heterocycles. The zero-order chi connectivity index (χ0) is 25.2. The number of aliphatic carboxylic acids is 2. The average molecular weight is 514 g/mol. The number of fused-ring (bicyclic) bond motifs is 1. The molecule has 17 heteroatoms. The number of aromatic nitrogens is 2. The molecule has 0 saturated carbocycles. The summed E-state index contributed by atoms with van der Waals surface area (Å²) in [6, 6.07) is -1.12. The lowest BCUT2D eigenvalue weighted by atomic mass is 10.0. The number of carbonyl (C=O) groups excluding carboxylic acids is 3. The topological polar surface area (TPSA) is 224 Å². The SMILES string of the molecule is CC(=O)OCC1=C(C(=O)O)N2C(=O)[C@@H](NC(=O)C(=NOC(C)C(=O)O)c3nsc(N)n3)[C@H]2SC1. The fraction of sp³-hybridized carbons (Fsp3) is 0.412. The maximum absolute atomic E-state index is 12.9. The van der Waals surface area contributed by atoms with Gasteiger partial charge in [0.05, 0.1) is 0 Å². The van der Waals surface area contributed by atoms with Crippen molar-refractivity contribution in [2.45, 2.75) is 31.4 Å². The summed E-state index contributed by atoms with van der Waals surface area (Å²) < 4.78 is 8.72. The standard InChI is InChI=1S/C17H18N6O9S2/c1-5(15(27)28)32-21-8(11-20-17(18)34-22-11)12(25)19-9-13(26)23-10(16(29)30)7(3-31-6(2)24)4-33-14(9)23/h5,9,14H,3-4H2,1-2H3,(H,19,25)(H,27,28)(H,29,30)(H2,18,20,22)/t5?,9-,14-/m1/s1. The monoisotopic (exact) mass is 514 g/mol. The van der Waals surface area contributed by atoms with E-state index in [1.165, 1.54) is 13.8 Å². The summed E-state index contributed by atoms with van der Waals surface area (Å²) >= 11 is 1.92. The summed E-state index contributed by atoms with van der Waals surface area (Å²) in [5.74, 6) is -5.10. The van der Waals surface area contributed by atoms with Crippen LogP contribution in [-0.4, -0.2) is 89.8 Å². The van der Waals surface area contributed by atoms with Gasteiger partial charge in [-0.1, -0.05) is 5.16 Å². The van der Waals surface area contributed by atoms with Crippen LogP contribution in [-0.2, 0) is 33.5 Å². The predicted molar refractivity (Wildman–Crippen MR) is 115 cm³/mol. The van der Waals surface area contributed by atoms with Crippen LogP contribution in [0, 0.1) is 0 Å². The maximum Gasteiger partial charge on any atom is 0.352 e. The van der Waals surface area contributed by atoms with Crippen molar-refractivity contribution in [1.82, 2.24) is 19.6 Å². The number of hydrogen-bond donors (Lipinski definition) is 4. The number of nitrogen functional groups attached to an aromatic ring is 1. The van der Waals surface area contributed by atoms with E-state index in [-0.39, 0.29) is 34.6 Å². The van der Waals surface area contributed by atoms with Crippen LogP contribution in [0.3, 0.4) is 0 Å². The van der Waals surface area contributed by atoms with E-state index >= 15 is 0 Å². The normalized spacial score (nSPS) is 20.7. The molecule has 15 nitrogen and oxygen atoms in total. The number of amides is 2. The molecule has 1 fully saturated rings. The summed E-state index contributed by atoms with van der Waals surface area (Å²) in [6.07, 6.45) is -1.40. The number of β-lactam (4-membered cyclic amide) rings is 1. The van der Waals surface area contributed by atoms with Gasteiger partial charge in [-0.15, -0.1) is 11.8 Å². The smallest absolute Gasteiger partial charge is 0.352 e. The number of carboxylic acids is 2. The van der Waals surface area contributed by atoms with Gasteiger partial charge in [0, 0.05) is 29.8 Å². The summed E-state index contributed by atoms with van der Waals surface area (Å²) in [6.45, 7) is 2.07. The summed E-state index contributed by atoms with van der Waals surface area (Å²) in [7, 11) is 0. The number of rotatable bonds is 9. The number of carbonyl (C=O) groups is 5. The number of nitrogens with zero attached hydrogens (tertiary/aromatic N) is 4. The van der Waals surface area contributed by atoms with Gasteiger partial charge in [-0.25, -0.2) is 9.59 Å². The van der Waals surface area contributed by atoms with E-state index < -0.39 is 53.0 Å². The van der Waals surface area contributed by atoms with Crippen molar-refractivity contribution < 1.29 is 43.8 Å². The molecule has 0 bridgehead atoms. The molecule has 2 aliphatic rings. The first-order chi connectivity index (χ1) is 16.0. The van der Waals surface area contributed by atoms with E-state index in [1.807, 2.05) is 0 Å². The Labute approximate surface area is 199 Å². The third-order valence-corrected chi connectivity index (χ3v) is 6.39. The van der Waals surface area contributed by atoms with Crippen molar-refractivity contribution in [1.29, 1.82) is 0 Å². The van der Waals surface area contributed by atoms with Crippen molar-refractivity contribution in [2.24, 2.45) is 5.16 Å². The van der Waals surface area contributed by atoms with Crippen LogP contribution in [0.5, 0.6) is 0 Å². The molecule has 3 rings (SSSR count). The van der Waals surface area contributed by atoms with Crippen LogP contribution in [0.25, 0.3) is 0 Å². The second-order valence-electron chi connectivity index (χ2n) is 6.88. The molecule has 2 amide bonds. The van der Waals surface area contributed by atoms with Crippen molar-refractivity contribution in [2.75, 3.05) is 18.1 Å². The van der Waals surface area contributed by atoms with E-state index in [0.29, 0.717) is 0 Å². The minimum Gasteiger partial charge on any atom is -0.478 e. The first kappa shape index (κ1) is 24.9. The summed E-state index contributed by atoms with van der Waals surface area (Å²) in [4.78, 5) is 69.1. The van der Waals surface area contributed by atoms with Gasteiger partial charge in [0.2, 0.25) is 17.6 Å². The lowest BCUT2D eigenvalue weighted by Gasteiger charge is -2.49. The van der Waals surface area contributed by atoms with Gasteiger partial charge in [0.25, 0.3) is 11.8 Å². The molecule has 1 unspecified atom stereocenters. The quantitative estimate of drug-likeness (QED) is 0.129. The molecule has 0 spiro atoms. The lowest BCUT2D eigenvalue weighted by molar-refractivity contribution is -0.150. The molecule has 0 aliphatic carbocycles. The van der Waals surface area contributed by atoms with Gasteiger partial charge in [0.15, 0.2) is 5.13 Å². The minimum atomic E-state index is -1.40. The van der Waals surface area contributed by atoms with Crippen molar-refractivity contribution in [3.8, 4) is 0 Å². The Hall–Kier alpha value is -3.73. The largest absolute Gasteiger partial charge is 0.478 e. The Morgan fingerprint density at radius 2 is 2.06 bits per heavy atom. The van der Waals surface area contributed by atoms with E-state index in [2.05, 4.69) is 19.8 Å². The molecule has 1 aromatic rings. The van der Waals surface area contributed by atoms with E-state index in [4.69, 9.17) is 20.4 Å². The van der Waals surface area contributed by atoms with Crippen LogP contribution in [0.1, 0.15) is 19.7 Å². The molecular formula is C17H18N6O9S2. The highest BCUT2D eigenvalue weighted by molar-refractivity contribution is 8.00. The number of esters is 1. The number of anilines is 1. The van der Waals surface area contributed by atoms with Gasteiger partial charge in [0.1, 0.15) is 23.7 Å². The number of oxime groups is 1. The predicted octanol–water partition coefficient (Wildman–Crippen LogP) is -1.38. The molecule has 182 valence electrons. The van der Waals surface area contributed by atoms with E-state index in [9.17, 15) is 29.1 Å².